The van der Waals surface area contributed by atoms with Crippen LogP contribution in [0.3, 0.4) is 0 Å². The largest absolute Gasteiger partial charge is 0.494 e. The molecule has 1 fully saturated rings. The van der Waals surface area contributed by atoms with Crippen molar-refractivity contribution >= 4 is 29.0 Å². The lowest BCUT2D eigenvalue weighted by Crippen LogP contribution is -2.48. The fraction of sp³-hybridized carbons (Fsp3) is 0.310. The molecule has 1 saturated heterocycles. The Balaban J connectivity index is 1.22. The zero-order valence-electron chi connectivity index (χ0n) is 23.5. The third-order valence-corrected chi connectivity index (χ3v) is 7.19. The van der Waals surface area contributed by atoms with Crippen molar-refractivity contribution < 1.29 is 28.2 Å². The fourth-order valence-electron chi connectivity index (χ4n) is 4.89. The third kappa shape index (κ3) is 6.40. The molecule has 0 spiro atoms. The minimum atomic E-state index is -1.09. The number of benzene rings is 2. The normalized spacial score (nSPS) is 17.1. The van der Waals surface area contributed by atoms with Crippen LogP contribution < -0.4 is 31.7 Å². The summed E-state index contributed by atoms with van der Waals surface area (Å²) in [6.45, 7) is 2.47. The van der Waals surface area contributed by atoms with Gasteiger partial charge in [-0.25, -0.2) is 14.4 Å². The van der Waals surface area contributed by atoms with Crippen LogP contribution in [0.15, 0.2) is 48.9 Å². The van der Waals surface area contributed by atoms with Gasteiger partial charge in [0.2, 0.25) is 11.7 Å². The predicted octanol–water partition coefficient (Wildman–Crippen LogP) is 1.63. The van der Waals surface area contributed by atoms with Gasteiger partial charge in [0.05, 0.1) is 31.1 Å². The van der Waals surface area contributed by atoms with E-state index in [1.807, 2.05) is 0 Å². The Bertz CT molecular complexity index is 1660. The smallest absolute Gasteiger partial charge is 0.251 e. The summed E-state index contributed by atoms with van der Waals surface area (Å²) in [7, 11) is 1.26. The number of halogens is 2. The fourth-order valence-corrected chi connectivity index (χ4v) is 4.89. The first kappa shape index (κ1) is 29.8. The monoisotopic (exact) mass is 594 g/mol. The van der Waals surface area contributed by atoms with Crippen molar-refractivity contribution in [2.24, 2.45) is 5.73 Å². The van der Waals surface area contributed by atoms with Crippen LogP contribution in [-0.2, 0) is 4.79 Å². The highest BCUT2D eigenvalue weighted by Gasteiger charge is 2.28. The maximum Gasteiger partial charge on any atom is 0.251 e. The van der Waals surface area contributed by atoms with Gasteiger partial charge >= 0.3 is 0 Å². The van der Waals surface area contributed by atoms with E-state index in [9.17, 15) is 23.5 Å². The molecule has 43 heavy (non-hydrogen) atoms. The Labute approximate surface area is 245 Å². The van der Waals surface area contributed by atoms with Gasteiger partial charge in [-0.3, -0.25) is 14.0 Å². The van der Waals surface area contributed by atoms with Crippen LogP contribution in [0.5, 0.6) is 5.75 Å². The molecule has 1 aliphatic heterocycles. The minimum absolute atomic E-state index is 0.0157. The van der Waals surface area contributed by atoms with E-state index in [2.05, 4.69) is 31.2 Å². The van der Waals surface area contributed by atoms with E-state index >= 15 is 0 Å². The van der Waals surface area contributed by atoms with Gasteiger partial charge in [0.15, 0.2) is 23.0 Å². The summed E-state index contributed by atoms with van der Waals surface area (Å²) in [6.07, 6.45) is 4.33. The molecular weight excluding hydrogens is 562 g/mol. The number of imidazole rings is 1. The maximum atomic E-state index is 14.8. The minimum Gasteiger partial charge on any atom is -0.494 e. The molecule has 5 rings (SSSR count). The van der Waals surface area contributed by atoms with Crippen molar-refractivity contribution in [3.8, 4) is 17.0 Å². The molecule has 0 bridgehead atoms. The Kier molecular flexibility index (Phi) is 8.80. The summed E-state index contributed by atoms with van der Waals surface area (Å²) < 4.78 is 35.6. The number of hydrogen-bond acceptors (Lipinski definition) is 9. The molecule has 3 heterocycles. The molecule has 0 aliphatic carbocycles. The number of ether oxygens (including phenoxy) is 1. The van der Waals surface area contributed by atoms with E-state index in [0.29, 0.717) is 46.9 Å². The lowest BCUT2D eigenvalue weighted by molar-refractivity contribution is -0.123. The van der Waals surface area contributed by atoms with Gasteiger partial charge < -0.3 is 36.8 Å². The number of nitrogens with one attached hydrogen (secondary N) is 4. The number of aryl methyl sites for hydroxylation is 1. The lowest BCUT2D eigenvalue weighted by Gasteiger charge is -2.17. The topological polar surface area (TPSA) is 168 Å². The summed E-state index contributed by atoms with van der Waals surface area (Å²) in [6, 6.07) is 6.94. The van der Waals surface area contributed by atoms with Crippen molar-refractivity contribution in [3.05, 3.63) is 71.7 Å². The molecule has 3 atom stereocenters. The molecule has 2 aromatic heterocycles. The number of nitrogens with zero attached hydrogens (tertiary/aromatic N) is 3. The first-order valence-corrected chi connectivity index (χ1v) is 13.6. The second kappa shape index (κ2) is 12.7. The number of fused-ring (bicyclic) bond motifs is 1. The molecule has 4 aromatic rings. The Morgan fingerprint density at radius 1 is 1.19 bits per heavy atom. The van der Waals surface area contributed by atoms with Gasteiger partial charge in [-0.2, -0.15) is 4.39 Å². The third-order valence-electron chi connectivity index (χ3n) is 7.19. The highest BCUT2D eigenvalue weighted by Crippen LogP contribution is 2.31. The van der Waals surface area contributed by atoms with Crippen molar-refractivity contribution in [2.75, 3.05) is 32.1 Å². The van der Waals surface area contributed by atoms with Crippen molar-refractivity contribution in [1.82, 2.24) is 30.3 Å². The number of hydrogen-bond donors (Lipinski definition) is 6. The number of rotatable bonds is 10. The predicted molar refractivity (Wildman–Crippen MR) is 155 cm³/mol. The van der Waals surface area contributed by atoms with Gasteiger partial charge in [0.1, 0.15) is 0 Å². The highest BCUT2D eigenvalue weighted by molar-refractivity contribution is 5.96. The molecule has 1 aliphatic rings. The van der Waals surface area contributed by atoms with Crippen LogP contribution in [0.2, 0.25) is 0 Å². The highest BCUT2D eigenvalue weighted by atomic mass is 19.2. The number of anilines is 2. The number of β-amino-alcohol motifs (C(OH)–C–C–N with tert-alkyl or cyclic N) is 1. The lowest BCUT2D eigenvalue weighted by atomic mass is 10.1. The number of carbonyl (C=O) groups excluding carboxylic acids is 2. The quantitative estimate of drug-likeness (QED) is 0.160. The number of aliphatic hydroxyl groups excluding tert-OH is 1. The zero-order chi connectivity index (χ0) is 30.7. The van der Waals surface area contributed by atoms with Crippen LogP contribution in [0.25, 0.3) is 16.9 Å². The molecule has 0 radical (unpaired) electrons. The molecule has 0 saturated carbocycles. The van der Waals surface area contributed by atoms with E-state index < -0.39 is 29.8 Å². The molecular formula is C29H32F2N8O4. The number of aliphatic hydroxyl groups is 1. The Morgan fingerprint density at radius 2 is 1.98 bits per heavy atom. The molecule has 2 amide bonds. The van der Waals surface area contributed by atoms with Gasteiger partial charge in [0.25, 0.3) is 5.91 Å². The number of aromatic nitrogens is 3. The van der Waals surface area contributed by atoms with Gasteiger partial charge in [-0.1, -0.05) is 0 Å². The first-order chi connectivity index (χ1) is 20.7. The SMILES string of the molecule is COc1ccc(-c2cnc3c(Nc4ccc(C(=O)NC[C@H](N)CNC(=O)[C@@H]5C[C@@H](O)CN5)c(C)c4)nccn23)c(F)c1F. The Hall–Kier alpha value is -4.66. The first-order valence-electron chi connectivity index (χ1n) is 13.6. The molecule has 7 N–H and O–H groups in total. The van der Waals surface area contributed by atoms with Gasteiger partial charge in [-0.05, 0) is 49.2 Å². The van der Waals surface area contributed by atoms with E-state index in [4.69, 9.17) is 10.5 Å². The van der Waals surface area contributed by atoms with Crippen LogP contribution >= 0.6 is 0 Å². The molecule has 226 valence electrons. The van der Waals surface area contributed by atoms with Crippen molar-refractivity contribution in [1.29, 1.82) is 0 Å². The zero-order valence-corrected chi connectivity index (χ0v) is 23.5. The van der Waals surface area contributed by atoms with E-state index in [1.54, 1.807) is 35.7 Å². The van der Waals surface area contributed by atoms with E-state index in [-0.39, 0.29) is 36.2 Å². The number of nitrogens with two attached hydrogens (primary N) is 1. The summed E-state index contributed by atoms with van der Waals surface area (Å²) in [5.74, 6) is -2.53. The number of amides is 2. The van der Waals surface area contributed by atoms with Crippen LogP contribution in [-0.4, -0.2) is 76.2 Å². The van der Waals surface area contributed by atoms with Crippen LogP contribution in [0.4, 0.5) is 20.3 Å². The second-order valence-electron chi connectivity index (χ2n) is 10.3. The second-order valence-corrected chi connectivity index (χ2v) is 10.3. The molecule has 0 unspecified atom stereocenters. The van der Waals surface area contributed by atoms with Gasteiger partial charge in [-0.15, -0.1) is 0 Å². The maximum absolute atomic E-state index is 14.8. The number of carbonyl (C=O) groups is 2. The van der Waals surface area contributed by atoms with Crippen molar-refractivity contribution in [2.45, 2.75) is 31.5 Å². The van der Waals surface area contributed by atoms with E-state index in [1.165, 1.54) is 31.6 Å². The van der Waals surface area contributed by atoms with Crippen LogP contribution in [0, 0.1) is 18.6 Å². The Morgan fingerprint density at radius 3 is 2.70 bits per heavy atom. The van der Waals surface area contributed by atoms with E-state index in [0.717, 1.165) is 0 Å². The molecule has 12 nitrogen and oxygen atoms in total. The average molecular weight is 595 g/mol. The number of methoxy groups -OCH3 is 1. The van der Waals surface area contributed by atoms with Crippen LogP contribution in [0.1, 0.15) is 22.3 Å². The summed E-state index contributed by atoms with van der Waals surface area (Å²) in [5, 5.41) is 21.2. The standard InChI is InChI=1S/C29H32F2N8O4/c1-15-9-17(3-4-19(15)28(41)36-11-16(32)12-37-29(42)21-10-18(40)13-34-21)38-26-27-35-14-22(39(27)8-7-33-26)20-5-6-23(43-2)25(31)24(20)30/h3-9,14,16,18,21,34,40H,10-13,32H2,1-2H3,(H,33,38)(H,36,41)(H,37,42)/t16-,18+,21-/m0/s1. The summed E-state index contributed by atoms with van der Waals surface area (Å²) in [5.41, 5.74) is 8.55. The average Bonchev–Trinajstić information content (AvgIpc) is 3.63. The van der Waals surface area contributed by atoms with Crippen molar-refractivity contribution in [3.63, 3.8) is 0 Å². The summed E-state index contributed by atoms with van der Waals surface area (Å²) >= 11 is 0. The van der Waals surface area contributed by atoms with Gasteiger partial charge in [0, 0.05) is 54.9 Å². The molecule has 2 aromatic carbocycles. The summed E-state index contributed by atoms with van der Waals surface area (Å²) in [4.78, 5) is 33.7. The molecule has 14 heteroatoms.